The average Bonchev–Trinajstić information content (AvgIpc) is 3.37. The van der Waals surface area contributed by atoms with Gasteiger partial charge in [0, 0.05) is 34.0 Å². The van der Waals surface area contributed by atoms with Crippen LogP contribution in [0.2, 0.25) is 5.02 Å². The number of carbonyl (C=O) groups is 1. The van der Waals surface area contributed by atoms with E-state index in [1.807, 2.05) is 41.5 Å². The predicted molar refractivity (Wildman–Crippen MR) is 104 cm³/mol. The van der Waals surface area contributed by atoms with Gasteiger partial charge in [0.25, 0.3) is 5.91 Å². The Morgan fingerprint density at radius 2 is 2.27 bits per heavy atom. The number of carbonyl (C=O) groups excluding carboxylic acids is 1. The van der Waals surface area contributed by atoms with E-state index in [0.29, 0.717) is 29.5 Å². The van der Waals surface area contributed by atoms with E-state index in [2.05, 4.69) is 0 Å². The molecule has 1 aliphatic heterocycles. The number of furan rings is 1. The summed E-state index contributed by atoms with van der Waals surface area (Å²) >= 11 is 7.75. The highest BCUT2D eigenvalue weighted by Gasteiger charge is 2.27. The lowest BCUT2D eigenvalue weighted by Gasteiger charge is -2.24. The Labute approximate surface area is 161 Å². The van der Waals surface area contributed by atoms with E-state index in [-0.39, 0.29) is 12.0 Å². The molecule has 0 aliphatic carbocycles. The molecule has 4 rings (SSSR count). The first-order valence-electron chi connectivity index (χ1n) is 8.74. The lowest BCUT2D eigenvalue weighted by molar-refractivity contribution is 0.0487. The molecule has 136 valence electrons. The van der Waals surface area contributed by atoms with Gasteiger partial charge in [-0.25, -0.2) is 0 Å². The molecule has 1 saturated heterocycles. The maximum Gasteiger partial charge on any atom is 0.290 e. The van der Waals surface area contributed by atoms with Gasteiger partial charge in [-0.2, -0.15) is 0 Å². The Morgan fingerprint density at radius 3 is 3.00 bits per heavy atom. The predicted octanol–water partition coefficient (Wildman–Crippen LogP) is 5.28. The zero-order valence-electron chi connectivity index (χ0n) is 14.5. The number of hydrogen-bond donors (Lipinski definition) is 0. The van der Waals surface area contributed by atoms with E-state index in [1.165, 1.54) is 0 Å². The summed E-state index contributed by atoms with van der Waals surface area (Å²) in [6.07, 6.45) is 2.13. The molecule has 0 bridgehead atoms. The highest BCUT2D eigenvalue weighted by Crippen LogP contribution is 2.29. The summed E-state index contributed by atoms with van der Waals surface area (Å²) in [6, 6.07) is 9.48. The number of ether oxygens (including phenoxy) is 1. The van der Waals surface area contributed by atoms with Crippen LogP contribution in [-0.4, -0.2) is 30.1 Å². The van der Waals surface area contributed by atoms with Crippen LogP contribution in [0, 0.1) is 6.92 Å². The SMILES string of the molecule is Cc1c(C(=O)N(Cc2cccs2)CC2CCCO2)oc2ccc(Cl)cc12. The van der Waals surface area contributed by atoms with E-state index in [9.17, 15) is 4.79 Å². The Bertz CT molecular complexity index is 913. The van der Waals surface area contributed by atoms with E-state index >= 15 is 0 Å². The van der Waals surface area contributed by atoms with Crippen LogP contribution in [0.15, 0.2) is 40.1 Å². The van der Waals surface area contributed by atoms with Crippen molar-refractivity contribution < 1.29 is 13.9 Å². The first kappa shape index (κ1) is 17.6. The number of thiophene rings is 1. The second kappa shape index (κ2) is 7.43. The van der Waals surface area contributed by atoms with Gasteiger partial charge in [-0.15, -0.1) is 11.3 Å². The van der Waals surface area contributed by atoms with Crippen molar-refractivity contribution in [2.24, 2.45) is 0 Å². The fourth-order valence-electron chi connectivity index (χ4n) is 3.38. The fraction of sp³-hybridized carbons (Fsp3) is 0.350. The summed E-state index contributed by atoms with van der Waals surface area (Å²) in [5, 5.41) is 3.54. The van der Waals surface area contributed by atoms with Gasteiger partial charge >= 0.3 is 0 Å². The third kappa shape index (κ3) is 3.52. The van der Waals surface area contributed by atoms with Crippen LogP contribution in [0.3, 0.4) is 0 Å². The van der Waals surface area contributed by atoms with E-state index in [4.69, 9.17) is 20.8 Å². The summed E-state index contributed by atoms with van der Waals surface area (Å²) in [5.74, 6) is 0.288. The molecule has 1 aliphatic rings. The van der Waals surface area contributed by atoms with Crippen LogP contribution in [0.5, 0.6) is 0 Å². The minimum absolute atomic E-state index is 0.0954. The summed E-state index contributed by atoms with van der Waals surface area (Å²) in [7, 11) is 0. The molecule has 1 atom stereocenters. The molecule has 1 aromatic carbocycles. The first-order chi connectivity index (χ1) is 12.6. The van der Waals surface area contributed by atoms with E-state index in [1.54, 1.807) is 17.4 Å². The highest BCUT2D eigenvalue weighted by molar-refractivity contribution is 7.09. The quantitative estimate of drug-likeness (QED) is 0.596. The number of nitrogens with zero attached hydrogens (tertiary/aromatic N) is 1. The maximum absolute atomic E-state index is 13.3. The summed E-state index contributed by atoms with van der Waals surface area (Å²) < 4.78 is 11.6. The molecule has 1 amide bonds. The monoisotopic (exact) mass is 389 g/mol. The van der Waals surface area contributed by atoms with Crippen molar-refractivity contribution in [1.82, 2.24) is 4.90 Å². The molecule has 3 heterocycles. The van der Waals surface area contributed by atoms with Gasteiger partial charge < -0.3 is 14.1 Å². The van der Waals surface area contributed by atoms with Gasteiger partial charge in [-0.05, 0) is 49.4 Å². The third-order valence-corrected chi connectivity index (χ3v) is 5.85. The van der Waals surface area contributed by atoms with Crippen LogP contribution in [0.25, 0.3) is 11.0 Å². The standard InChI is InChI=1S/C20H20ClNO3S/c1-13-17-10-14(21)6-7-18(17)25-19(13)20(23)22(11-15-4-2-8-24-15)12-16-5-3-9-26-16/h3,5-7,9-10,15H,2,4,8,11-12H2,1H3. The maximum atomic E-state index is 13.3. The second-order valence-corrected chi connectivity index (χ2v) is 8.07. The molecule has 0 radical (unpaired) electrons. The van der Waals surface area contributed by atoms with Crippen molar-refractivity contribution >= 4 is 39.8 Å². The minimum Gasteiger partial charge on any atom is -0.451 e. The lowest BCUT2D eigenvalue weighted by atomic mass is 10.1. The Morgan fingerprint density at radius 1 is 1.38 bits per heavy atom. The summed E-state index contributed by atoms with van der Waals surface area (Å²) in [5.41, 5.74) is 1.51. The number of benzene rings is 1. The van der Waals surface area contributed by atoms with Crippen molar-refractivity contribution in [2.45, 2.75) is 32.4 Å². The molecule has 2 aromatic heterocycles. The van der Waals surface area contributed by atoms with E-state index < -0.39 is 0 Å². The summed E-state index contributed by atoms with van der Waals surface area (Å²) in [4.78, 5) is 16.3. The summed E-state index contributed by atoms with van der Waals surface area (Å²) in [6.45, 7) is 3.82. The minimum atomic E-state index is -0.0984. The Hall–Kier alpha value is -1.82. The Kier molecular flexibility index (Phi) is 5.02. The van der Waals surface area contributed by atoms with Crippen molar-refractivity contribution in [3.63, 3.8) is 0 Å². The largest absolute Gasteiger partial charge is 0.451 e. The van der Waals surface area contributed by atoms with Gasteiger partial charge in [-0.1, -0.05) is 17.7 Å². The van der Waals surface area contributed by atoms with Crippen LogP contribution in [-0.2, 0) is 11.3 Å². The van der Waals surface area contributed by atoms with Gasteiger partial charge in [0.2, 0.25) is 0 Å². The second-order valence-electron chi connectivity index (χ2n) is 6.60. The number of halogens is 1. The number of rotatable bonds is 5. The normalized spacial score (nSPS) is 17.1. The van der Waals surface area contributed by atoms with Crippen molar-refractivity contribution in [3.05, 3.63) is 56.9 Å². The highest BCUT2D eigenvalue weighted by atomic mass is 35.5. The zero-order chi connectivity index (χ0) is 18.1. The Balaban J connectivity index is 1.65. The van der Waals surface area contributed by atoms with Gasteiger partial charge in [0.1, 0.15) is 5.58 Å². The van der Waals surface area contributed by atoms with Gasteiger partial charge in [0.15, 0.2) is 5.76 Å². The van der Waals surface area contributed by atoms with Gasteiger partial charge in [-0.3, -0.25) is 4.79 Å². The molecular formula is C20H20ClNO3S. The smallest absolute Gasteiger partial charge is 0.290 e. The fourth-order valence-corrected chi connectivity index (χ4v) is 4.28. The zero-order valence-corrected chi connectivity index (χ0v) is 16.1. The topological polar surface area (TPSA) is 42.7 Å². The molecule has 26 heavy (non-hydrogen) atoms. The van der Waals surface area contributed by atoms with Crippen LogP contribution < -0.4 is 0 Å². The van der Waals surface area contributed by atoms with Crippen molar-refractivity contribution in [2.75, 3.05) is 13.2 Å². The number of hydrogen-bond acceptors (Lipinski definition) is 4. The van der Waals surface area contributed by atoms with Crippen molar-refractivity contribution in [1.29, 1.82) is 0 Å². The van der Waals surface area contributed by atoms with Crippen LogP contribution >= 0.6 is 22.9 Å². The molecule has 0 spiro atoms. The van der Waals surface area contributed by atoms with Crippen LogP contribution in [0.1, 0.15) is 33.8 Å². The average molecular weight is 390 g/mol. The van der Waals surface area contributed by atoms with Gasteiger partial charge in [0.05, 0.1) is 12.6 Å². The molecule has 4 nitrogen and oxygen atoms in total. The molecule has 6 heteroatoms. The van der Waals surface area contributed by atoms with Crippen LogP contribution in [0.4, 0.5) is 0 Å². The molecule has 1 fully saturated rings. The lowest BCUT2D eigenvalue weighted by Crippen LogP contribution is -2.36. The molecule has 3 aromatic rings. The molecule has 1 unspecified atom stereocenters. The van der Waals surface area contributed by atoms with Crippen molar-refractivity contribution in [3.8, 4) is 0 Å². The number of aryl methyl sites for hydroxylation is 1. The molecular weight excluding hydrogens is 370 g/mol. The molecule has 0 saturated carbocycles. The number of fused-ring (bicyclic) bond motifs is 1. The van der Waals surface area contributed by atoms with E-state index in [0.717, 1.165) is 35.3 Å². The number of amides is 1. The molecule has 0 N–H and O–H groups in total. The first-order valence-corrected chi connectivity index (χ1v) is 9.99. The third-order valence-electron chi connectivity index (χ3n) is 4.75.